The molecule has 1 aliphatic heterocycles. The highest BCUT2D eigenvalue weighted by atomic mass is 19.4. The fourth-order valence-electron chi connectivity index (χ4n) is 3.10. The number of alkyl halides is 3. The monoisotopic (exact) mass is 300 g/mol. The maximum atomic E-state index is 13.3. The van der Waals surface area contributed by atoms with E-state index in [4.69, 9.17) is 5.73 Å². The molecule has 0 aliphatic carbocycles. The van der Waals surface area contributed by atoms with Crippen molar-refractivity contribution in [2.45, 2.75) is 38.8 Å². The number of halogens is 3. The largest absolute Gasteiger partial charge is 0.418 e. The summed E-state index contributed by atoms with van der Waals surface area (Å²) in [5.41, 5.74) is 5.89. The first kappa shape index (κ1) is 16.1. The summed E-state index contributed by atoms with van der Waals surface area (Å²) in [6.07, 6.45) is -0.691. The van der Waals surface area contributed by atoms with Crippen molar-refractivity contribution in [3.05, 3.63) is 29.3 Å². The average molecular weight is 300 g/mol. The summed E-state index contributed by atoms with van der Waals surface area (Å²) >= 11 is 0. The molecule has 0 spiro atoms. The van der Waals surface area contributed by atoms with Gasteiger partial charge in [0.1, 0.15) is 0 Å². The first-order chi connectivity index (χ1) is 9.95. The van der Waals surface area contributed by atoms with Gasteiger partial charge in [-0.2, -0.15) is 13.2 Å². The number of rotatable bonds is 5. The first-order valence-corrected chi connectivity index (χ1v) is 7.60. The second kappa shape index (κ2) is 6.69. The van der Waals surface area contributed by atoms with Crippen LogP contribution in [0.2, 0.25) is 0 Å². The minimum absolute atomic E-state index is 0.321. The van der Waals surface area contributed by atoms with Crippen molar-refractivity contribution in [3.8, 4) is 0 Å². The molecule has 21 heavy (non-hydrogen) atoms. The Morgan fingerprint density at radius 2 is 2.10 bits per heavy atom. The van der Waals surface area contributed by atoms with E-state index in [0.717, 1.165) is 25.8 Å². The molecule has 1 heterocycles. The SMILES string of the molecule is CCCC1CCN(c2ccc(CCN)cc2C(F)(F)F)C1. The maximum absolute atomic E-state index is 13.3. The zero-order chi connectivity index (χ0) is 15.5. The Hall–Kier alpha value is -1.23. The fraction of sp³-hybridized carbons (Fsp3) is 0.625. The molecule has 1 saturated heterocycles. The maximum Gasteiger partial charge on any atom is 0.418 e. The zero-order valence-electron chi connectivity index (χ0n) is 12.4. The van der Waals surface area contributed by atoms with E-state index in [-0.39, 0.29) is 0 Å². The van der Waals surface area contributed by atoms with Crippen LogP contribution in [0, 0.1) is 5.92 Å². The van der Waals surface area contributed by atoms with E-state index in [1.54, 1.807) is 12.1 Å². The van der Waals surface area contributed by atoms with Crippen LogP contribution in [0.5, 0.6) is 0 Å². The first-order valence-electron chi connectivity index (χ1n) is 7.60. The topological polar surface area (TPSA) is 29.3 Å². The molecule has 5 heteroatoms. The number of anilines is 1. The molecule has 2 rings (SSSR count). The van der Waals surface area contributed by atoms with Crippen LogP contribution < -0.4 is 10.6 Å². The van der Waals surface area contributed by atoms with E-state index in [1.807, 2.05) is 4.90 Å². The number of nitrogens with two attached hydrogens (primary N) is 1. The molecule has 2 nitrogen and oxygen atoms in total. The highest BCUT2D eigenvalue weighted by Crippen LogP contribution is 2.39. The summed E-state index contributed by atoms with van der Waals surface area (Å²) in [5, 5.41) is 0. The lowest BCUT2D eigenvalue weighted by molar-refractivity contribution is -0.137. The Morgan fingerprint density at radius 1 is 1.33 bits per heavy atom. The van der Waals surface area contributed by atoms with Gasteiger partial charge in [0.2, 0.25) is 0 Å². The van der Waals surface area contributed by atoms with Crippen LogP contribution in [0.15, 0.2) is 18.2 Å². The minimum atomic E-state index is -4.32. The molecule has 0 amide bonds. The van der Waals surface area contributed by atoms with E-state index in [0.29, 0.717) is 36.7 Å². The van der Waals surface area contributed by atoms with Crippen molar-refractivity contribution in [3.63, 3.8) is 0 Å². The molecular weight excluding hydrogens is 277 g/mol. The van der Waals surface area contributed by atoms with E-state index in [1.165, 1.54) is 6.07 Å². The van der Waals surface area contributed by atoms with E-state index < -0.39 is 11.7 Å². The molecule has 1 unspecified atom stereocenters. The predicted molar refractivity (Wildman–Crippen MR) is 79.4 cm³/mol. The number of nitrogens with zero attached hydrogens (tertiary/aromatic N) is 1. The molecule has 1 aromatic carbocycles. The zero-order valence-corrected chi connectivity index (χ0v) is 12.4. The average Bonchev–Trinajstić information content (AvgIpc) is 2.87. The van der Waals surface area contributed by atoms with Crippen molar-refractivity contribution in [1.29, 1.82) is 0 Å². The molecule has 1 aromatic rings. The van der Waals surface area contributed by atoms with Crippen LogP contribution in [0.1, 0.15) is 37.3 Å². The van der Waals surface area contributed by atoms with Crippen molar-refractivity contribution in [2.75, 3.05) is 24.5 Å². The molecular formula is C16H23F3N2. The summed E-state index contributed by atoms with van der Waals surface area (Å²) in [4.78, 5) is 1.88. The van der Waals surface area contributed by atoms with Gasteiger partial charge in [0, 0.05) is 18.8 Å². The molecule has 0 bridgehead atoms. The lowest BCUT2D eigenvalue weighted by Crippen LogP contribution is -2.23. The fourth-order valence-corrected chi connectivity index (χ4v) is 3.10. The normalized spacial score (nSPS) is 19.3. The van der Waals surface area contributed by atoms with E-state index >= 15 is 0 Å². The standard InChI is InChI=1S/C16H23F3N2/c1-2-3-13-7-9-21(11-13)15-5-4-12(6-8-20)10-14(15)16(17,18)19/h4-5,10,13H,2-3,6-9,11,20H2,1H3. The summed E-state index contributed by atoms with van der Waals surface area (Å²) < 4.78 is 39.9. The quantitative estimate of drug-likeness (QED) is 0.895. The Kier molecular flexibility index (Phi) is 5.14. The smallest absolute Gasteiger partial charge is 0.371 e. The summed E-state index contributed by atoms with van der Waals surface area (Å²) in [5.74, 6) is 0.514. The molecule has 0 radical (unpaired) electrons. The predicted octanol–water partition coefficient (Wildman–Crippen LogP) is 3.83. The molecule has 118 valence electrons. The van der Waals surface area contributed by atoms with Crippen LogP contribution in [0.4, 0.5) is 18.9 Å². The van der Waals surface area contributed by atoms with E-state index in [2.05, 4.69) is 6.92 Å². The van der Waals surface area contributed by atoms with Crippen molar-refractivity contribution < 1.29 is 13.2 Å². The van der Waals surface area contributed by atoms with Gasteiger partial charge in [0.05, 0.1) is 5.56 Å². The highest BCUT2D eigenvalue weighted by molar-refractivity contribution is 5.57. The van der Waals surface area contributed by atoms with Gasteiger partial charge in [-0.25, -0.2) is 0 Å². The van der Waals surface area contributed by atoms with E-state index in [9.17, 15) is 13.2 Å². The van der Waals surface area contributed by atoms with Gasteiger partial charge in [0.15, 0.2) is 0 Å². The van der Waals surface area contributed by atoms with Crippen LogP contribution in [0.3, 0.4) is 0 Å². The minimum Gasteiger partial charge on any atom is -0.371 e. The van der Waals surface area contributed by atoms with Gasteiger partial charge in [0.25, 0.3) is 0 Å². The third-order valence-electron chi connectivity index (χ3n) is 4.12. The summed E-state index contributed by atoms with van der Waals surface area (Å²) in [6, 6.07) is 4.64. The highest BCUT2D eigenvalue weighted by Gasteiger charge is 2.36. The van der Waals surface area contributed by atoms with Crippen molar-refractivity contribution in [1.82, 2.24) is 0 Å². The Labute approximate surface area is 124 Å². The van der Waals surface area contributed by atoms with Crippen LogP contribution in [-0.4, -0.2) is 19.6 Å². The molecule has 1 fully saturated rings. The lowest BCUT2D eigenvalue weighted by Gasteiger charge is -2.24. The van der Waals surface area contributed by atoms with Crippen LogP contribution in [-0.2, 0) is 12.6 Å². The van der Waals surface area contributed by atoms with Crippen molar-refractivity contribution in [2.24, 2.45) is 11.7 Å². The lowest BCUT2D eigenvalue weighted by atomic mass is 10.0. The number of benzene rings is 1. The Bertz CT molecular complexity index is 471. The third-order valence-corrected chi connectivity index (χ3v) is 4.12. The molecule has 2 N–H and O–H groups in total. The van der Waals surface area contributed by atoms with Crippen LogP contribution in [0.25, 0.3) is 0 Å². The summed E-state index contributed by atoms with van der Waals surface area (Å²) in [7, 11) is 0. The van der Waals surface area contributed by atoms with Crippen molar-refractivity contribution >= 4 is 5.69 Å². The van der Waals surface area contributed by atoms with Gasteiger partial charge in [-0.05, 0) is 49.4 Å². The molecule has 0 aromatic heterocycles. The number of hydrogen-bond acceptors (Lipinski definition) is 2. The Balaban J connectivity index is 2.26. The Morgan fingerprint density at radius 3 is 2.71 bits per heavy atom. The van der Waals surface area contributed by atoms with Crippen LogP contribution >= 0.6 is 0 Å². The molecule has 0 saturated carbocycles. The summed E-state index contributed by atoms with van der Waals surface area (Å²) in [6.45, 7) is 3.92. The second-order valence-corrected chi connectivity index (χ2v) is 5.78. The van der Waals surface area contributed by atoms with Gasteiger partial charge < -0.3 is 10.6 Å². The van der Waals surface area contributed by atoms with Gasteiger partial charge in [-0.3, -0.25) is 0 Å². The third kappa shape index (κ3) is 3.90. The van der Waals surface area contributed by atoms with Gasteiger partial charge in [-0.15, -0.1) is 0 Å². The van der Waals surface area contributed by atoms with Gasteiger partial charge in [-0.1, -0.05) is 19.4 Å². The molecule has 1 atom stereocenters. The number of hydrogen-bond donors (Lipinski definition) is 1. The second-order valence-electron chi connectivity index (χ2n) is 5.78. The van der Waals surface area contributed by atoms with Gasteiger partial charge >= 0.3 is 6.18 Å². The molecule has 1 aliphatic rings.